The molecule has 2 rings (SSSR count). The summed E-state index contributed by atoms with van der Waals surface area (Å²) >= 11 is 5.84. The second kappa shape index (κ2) is 5.80. The maximum atomic E-state index is 11.2. The molecule has 0 fully saturated rings. The summed E-state index contributed by atoms with van der Waals surface area (Å²) in [4.78, 5) is 21.4. The number of rotatable bonds is 4. The van der Waals surface area contributed by atoms with Crippen molar-refractivity contribution in [2.24, 2.45) is 0 Å². The van der Waals surface area contributed by atoms with Crippen LogP contribution in [0.1, 0.15) is 15.9 Å². The van der Waals surface area contributed by atoms with Gasteiger partial charge in [0.2, 0.25) is 0 Å². The van der Waals surface area contributed by atoms with Crippen molar-refractivity contribution < 1.29 is 19.6 Å². The first-order valence-electron chi connectivity index (χ1n) is 5.85. The topological polar surface area (TPSA) is 89.7 Å². The van der Waals surface area contributed by atoms with Gasteiger partial charge in [0.05, 0.1) is 16.0 Å². The fourth-order valence-electron chi connectivity index (χ4n) is 1.73. The number of non-ortho nitro benzene ring substituents is 1. The summed E-state index contributed by atoms with van der Waals surface area (Å²) < 4.78 is 5.50. The van der Waals surface area contributed by atoms with E-state index in [1.165, 1.54) is 36.4 Å². The zero-order valence-electron chi connectivity index (χ0n) is 10.9. The molecule has 0 aliphatic heterocycles. The van der Waals surface area contributed by atoms with E-state index in [-0.39, 0.29) is 27.8 Å². The number of carbonyl (C=O) groups is 1. The van der Waals surface area contributed by atoms with Gasteiger partial charge in [-0.1, -0.05) is 17.7 Å². The summed E-state index contributed by atoms with van der Waals surface area (Å²) in [5.74, 6) is -1.01. The molecule has 2 aromatic carbocycles. The Kier molecular flexibility index (Phi) is 4.09. The van der Waals surface area contributed by atoms with Gasteiger partial charge in [0.25, 0.3) is 5.69 Å². The molecule has 0 saturated heterocycles. The van der Waals surface area contributed by atoms with E-state index in [0.717, 1.165) is 0 Å². The van der Waals surface area contributed by atoms with Crippen LogP contribution in [0.15, 0.2) is 36.4 Å². The summed E-state index contributed by atoms with van der Waals surface area (Å²) in [7, 11) is 0. The molecule has 0 spiro atoms. The summed E-state index contributed by atoms with van der Waals surface area (Å²) in [6.45, 7) is 1.70. The number of carboxylic acid groups (broad SMARTS) is 1. The second-order valence-electron chi connectivity index (χ2n) is 4.23. The standard InChI is InChI=1S/C14H10ClNO5/c1-8-5-6-9(16(19)20)7-12(8)21-11-4-2-3-10(15)13(11)14(17)18/h2-7H,1H3,(H,17,18). The Hall–Kier alpha value is -2.60. The van der Waals surface area contributed by atoms with Crippen LogP contribution in [0, 0.1) is 17.0 Å². The van der Waals surface area contributed by atoms with E-state index in [4.69, 9.17) is 21.4 Å². The van der Waals surface area contributed by atoms with Crippen LogP contribution in [-0.2, 0) is 0 Å². The van der Waals surface area contributed by atoms with E-state index in [1.54, 1.807) is 6.92 Å². The number of nitrogens with zero attached hydrogens (tertiary/aromatic N) is 1. The normalized spacial score (nSPS) is 10.2. The third kappa shape index (κ3) is 3.11. The number of halogens is 1. The molecule has 21 heavy (non-hydrogen) atoms. The predicted octanol–water partition coefficient (Wildman–Crippen LogP) is 4.05. The van der Waals surface area contributed by atoms with Gasteiger partial charge in [-0.15, -0.1) is 0 Å². The van der Waals surface area contributed by atoms with Gasteiger partial charge in [0.15, 0.2) is 0 Å². The predicted molar refractivity (Wildman–Crippen MR) is 76.3 cm³/mol. The average Bonchev–Trinajstić information content (AvgIpc) is 2.40. The first-order valence-corrected chi connectivity index (χ1v) is 6.22. The first-order chi connectivity index (χ1) is 9.90. The van der Waals surface area contributed by atoms with Crippen LogP contribution in [0.25, 0.3) is 0 Å². The lowest BCUT2D eigenvalue weighted by molar-refractivity contribution is -0.384. The molecule has 6 nitrogen and oxygen atoms in total. The monoisotopic (exact) mass is 307 g/mol. The summed E-state index contributed by atoms with van der Waals surface area (Å²) in [6, 6.07) is 8.52. The van der Waals surface area contributed by atoms with Gasteiger partial charge in [0, 0.05) is 6.07 Å². The fraction of sp³-hybridized carbons (Fsp3) is 0.0714. The lowest BCUT2D eigenvalue weighted by Gasteiger charge is -2.11. The molecule has 0 unspecified atom stereocenters. The van der Waals surface area contributed by atoms with Crippen molar-refractivity contribution in [2.45, 2.75) is 6.92 Å². The zero-order valence-corrected chi connectivity index (χ0v) is 11.6. The van der Waals surface area contributed by atoms with Crippen LogP contribution in [0.2, 0.25) is 5.02 Å². The molecule has 1 N–H and O–H groups in total. The quantitative estimate of drug-likeness (QED) is 0.680. The highest BCUT2D eigenvalue weighted by molar-refractivity contribution is 6.33. The van der Waals surface area contributed by atoms with Crippen molar-refractivity contribution in [3.63, 3.8) is 0 Å². The van der Waals surface area contributed by atoms with Crippen molar-refractivity contribution in [3.05, 3.63) is 62.7 Å². The number of aromatic carboxylic acids is 1. The lowest BCUT2D eigenvalue weighted by atomic mass is 10.2. The Morgan fingerprint density at radius 1 is 1.29 bits per heavy atom. The van der Waals surface area contributed by atoms with Crippen molar-refractivity contribution in [1.29, 1.82) is 0 Å². The summed E-state index contributed by atoms with van der Waals surface area (Å²) in [5.41, 5.74) is 0.302. The van der Waals surface area contributed by atoms with Crippen molar-refractivity contribution in [1.82, 2.24) is 0 Å². The van der Waals surface area contributed by atoms with Crippen LogP contribution in [-0.4, -0.2) is 16.0 Å². The third-order valence-electron chi connectivity index (χ3n) is 2.79. The highest BCUT2D eigenvalue weighted by atomic mass is 35.5. The Labute approximate surface area is 124 Å². The second-order valence-corrected chi connectivity index (χ2v) is 4.63. The minimum Gasteiger partial charge on any atom is -0.478 e. The van der Waals surface area contributed by atoms with E-state index in [1.807, 2.05) is 0 Å². The maximum absolute atomic E-state index is 11.2. The van der Waals surface area contributed by atoms with E-state index < -0.39 is 10.9 Å². The summed E-state index contributed by atoms with van der Waals surface area (Å²) in [6.07, 6.45) is 0. The molecule has 0 aliphatic rings. The van der Waals surface area contributed by atoms with Gasteiger partial charge in [-0.25, -0.2) is 4.79 Å². The maximum Gasteiger partial charge on any atom is 0.341 e. The third-order valence-corrected chi connectivity index (χ3v) is 3.11. The van der Waals surface area contributed by atoms with Crippen LogP contribution in [0.3, 0.4) is 0 Å². The van der Waals surface area contributed by atoms with Crippen molar-refractivity contribution in [2.75, 3.05) is 0 Å². The van der Waals surface area contributed by atoms with Crippen LogP contribution < -0.4 is 4.74 Å². The van der Waals surface area contributed by atoms with Crippen LogP contribution >= 0.6 is 11.6 Å². The van der Waals surface area contributed by atoms with Crippen LogP contribution in [0.4, 0.5) is 5.69 Å². The first kappa shape index (κ1) is 14.8. The number of hydrogen-bond donors (Lipinski definition) is 1. The summed E-state index contributed by atoms with van der Waals surface area (Å²) in [5, 5.41) is 20.0. The minimum absolute atomic E-state index is 0.0265. The SMILES string of the molecule is Cc1ccc([N+](=O)[O-])cc1Oc1cccc(Cl)c1C(=O)O. The van der Waals surface area contributed by atoms with Crippen LogP contribution in [0.5, 0.6) is 11.5 Å². The van der Waals surface area contributed by atoms with Gasteiger partial charge in [-0.3, -0.25) is 10.1 Å². The molecule has 0 aromatic heterocycles. The van der Waals surface area contributed by atoms with Crippen molar-refractivity contribution >= 4 is 23.3 Å². The van der Waals surface area contributed by atoms with Gasteiger partial charge in [0.1, 0.15) is 17.1 Å². The molecule has 2 aromatic rings. The molecule has 0 heterocycles. The Morgan fingerprint density at radius 2 is 2.00 bits per heavy atom. The smallest absolute Gasteiger partial charge is 0.341 e. The largest absolute Gasteiger partial charge is 0.478 e. The molecule has 7 heteroatoms. The number of carboxylic acids is 1. The molecule has 108 valence electrons. The van der Waals surface area contributed by atoms with E-state index in [9.17, 15) is 14.9 Å². The molecule has 0 bridgehead atoms. The molecule has 0 saturated carbocycles. The molecule has 0 amide bonds. The molecular formula is C14H10ClNO5. The average molecular weight is 308 g/mol. The number of aryl methyl sites for hydroxylation is 1. The Balaban J connectivity index is 2.48. The van der Waals surface area contributed by atoms with Gasteiger partial charge < -0.3 is 9.84 Å². The highest BCUT2D eigenvalue weighted by Crippen LogP contribution is 2.33. The van der Waals surface area contributed by atoms with E-state index in [2.05, 4.69) is 0 Å². The van der Waals surface area contributed by atoms with Gasteiger partial charge >= 0.3 is 5.97 Å². The molecule has 0 aliphatic carbocycles. The van der Waals surface area contributed by atoms with Gasteiger partial charge in [-0.2, -0.15) is 0 Å². The number of nitro groups is 1. The van der Waals surface area contributed by atoms with Crippen molar-refractivity contribution in [3.8, 4) is 11.5 Å². The number of nitro benzene ring substituents is 1. The number of ether oxygens (including phenoxy) is 1. The Bertz CT molecular complexity index is 729. The Morgan fingerprint density at radius 3 is 2.62 bits per heavy atom. The molecule has 0 atom stereocenters. The minimum atomic E-state index is -1.24. The highest BCUT2D eigenvalue weighted by Gasteiger charge is 2.18. The number of benzene rings is 2. The van der Waals surface area contributed by atoms with Gasteiger partial charge in [-0.05, 0) is 30.7 Å². The van der Waals surface area contributed by atoms with E-state index in [0.29, 0.717) is 5.56 Å². The number of hydrogen-bond acceptors (Lipinski definition) is 4. The molecule has 0 radical (unpaired) electrons. The lowest BCUT2D eigenvalue weighted by Crippen LogP contribution is -2.02. The molecular weight excluding hydrogens is 298 g/mol. The van der Waals surface area contributed by atoms with E-state index >= 15 is 0 Å². The fourth-order valence-corrected chi connectivity index (χ4v) is 1.97. The zero-order chi connectivity index (χ0) is 15.6.